The predicted molar refractivity (Wildman–Crippen MR) is 198 cm³/mol. The monoisotopic (exact) mass is 624 g/mol. The van der Waals surface area contributed by atoms with E-state index in [2.05, 4.69) is 113 Å². The van der Waals surface area contributed by atoms with Gasteiger partial charge in [0.15, 0.2) is 17.5 Å². The van der Waals surface area contributed by atoms with Crippen LogP contribution in [0.2, 0.25) is 0 Å². The summed E-state index contributed by atoms with van der Waals surface area (Å²) in [5.74, 6) is 2.78. The Morgan fingerprint density at radius 2 is 1.10 bits per heavy atom. The van der Waals surface area contributed by atoms with Crippen molar-refractivity contribution >= 4 is 17.1 Å². The second-order valence-electron chi connectivity index (χ2n) is 14.3. The molecule has 2 heterocycles. The van der Waals surface area contributed by atoms with E-state index >= 15 is 0 Å². The van der Waals surface area contributed by atoms with Gasteiger partial charge in [-0.3, -0.25) is 0 Å². The third kappa shape index (κ3) is 4.62. The average Bonchev–Trinajstić information content (AvgIpc) is 3.31. The molecule has 236 valence electrons. The van der Waals surface area contributed by atoms with Crippen molar-refractivity contribution in [1.29, 1.82) is 0 Å². The molecule has 0 amide bonds. The van der Waals surface area contributed by atoms with Crippen LogP contribution in [0.1, 0.15) is 62.8 Å². The zero-order valence-corrected chi connectivity index (χ0v) is 28.3. The number of rotatable bonds is 5. The number of fused-ring (bicyclic) bond motifs is 3. The van der Waals surface area contributed by atoms with E-state index in [4.69, 9.17) is 15.0 Å². The lowest BCUT2D eigenvalue weighted by molar-refractivity contribution is 0.357. The maximum atomic E-state index is 4.97. The van der Waals surface area contributed by atoms with Gasteiger partial charge in [0.25, 0.3) is 0 Å². The van der Waals surface area contributed by atoms with Crippen molar-refractivity contribution in [3.63, 3.8) is 0 Å². The van der Waals surface area contributed by atoms with Crippen LogP contribution < -0.4 is 4.90 Å². The van der Waals surface area contributed by atoms with E-state index in [9.17, 15) is 0 Å². The van der Waals surface area contributed by atoms with Gasteiger partial charge in [0, 0.05) is 33.7 Å². The summed E-state index contributed by atoms with van der Waals surface area (Å²) in [5, 5.41) is 0. The zero-order valence-electron chi connectivity index (χ0n) is 28.3. The summed E-state index contributed by atoms with van der Waals surface area (Å²) < 4.78 is 0. The van der Waals surface area contributed by atoms with Gasteiger partial charge in [0.1, 0.15) is 0 Å². The van der Waals surface area contributed by atoms with Crippen molar-refractivity contribution < 1.29 is 0 Å². The molecule has 4 heteroatoms. The number of para-hydroxylation sites is 1. The van der Waals surface area contributed by atoms with Crippen LogP contribution in [0, 0.1) is 5.92 Å². The summed E-state index contributed by atoms with van der Waals surface area (Å²) in [6.45, 7) is 16.1. The highest BCUT2D eigenvalue weighted by atomic mass is 15.2. The molecule has 1 aliphatic heterocycles. The summed E-state index contributed by atoms with van der Waals surface area (Å²) >= 11 is 0. The minimum Gasteiger partial charge on any atom is -0.310 e. The smallest absolute Gasteiger partial charge is 0.164 e. The van der Waals surface area contributed by atoms with Crippen LogP contribution in [0.15, 0.2) is 134 Å². The van der Waals surface area contributed by atoms with Gasteiger partial charge in [0.05, 0.1) is 11.4 Å². The highest BCUT2D eigenvalue weighted by molar-refractivity contribution is 5.87. The SMILES string of the molecule is C=CC1c2cc3c(cc2C(C)(C)C1C)N(c1ccc(-c2nc(-c4ccccc4)nc(-c4ccccc4)n2)cc1)c1ccccc1C3(C)C. The van der Waals surface area contributed by atoms with Gasteiger partial charge >= 0.3 is 0 Å². The Kier molecular flexibility index (Phi) is 6.96. The Morgan fingerprint density at radius 3 is 1.67 bits per heavy atom. The molecule has 0 saturated heterocycles. The topological polar surface area (TPSA) is 41.9 Å². The Morgan fingerprint density at radius 1 is 0.583 bits per heavy atom. The fourth-order valence-corrected chi connectivity index (χ4v) is 7.87. The van der Waals surface area contributed by atoms with Crippen molar-refractivity contribution in [1.82, 2.24) is 15.0 Å². The fraction of sp³-hybridized carbons (Fsp3) is 0.205. The Balaban J connectivity index is 1.27. The molecule has 2 unspecified atom stereocenters. The van der Waals surface area contributed by atoms with E-state index in [1.54, 1.807) is 0 Å². The molecule has 0 radical (unpaired) electrons. The van der Waals surface area contributed by atoms with Crippen LogP contribution >= 0.6 is 0 Å². The summed E-state index contributed by atoms with van der Waals surface area (Å²) in [6.07, 6.45) is 2.15. The number of hydrogen-bond donors (Lipinski definition) is 0. The van der Waals surface area contributed by atoms with Gasteiger partial charge in [-0.05, 0) is 70.0 Å². The number of allylic oxidation sites excluding steroid dienone is 1. The lowest BCUT2D eigenvalue weighted by atomic mass is 9.72. The van der Waals surface area contributed by atoms with Gasteiger partial charge in [-0.15, -0.1) is 6.58 Å². The van der Waals surface area contributed by atoms with Crippen LogP contribution in [0.3, 0.4) is 0 Å². The molecule has 0 spiro atoms. The largest absolute Gasteiger partial charge is 0.310 e. The van der Waals surface area contributed by atoms with Crippen LogP contribution in [0.4, 0.5) is 17.1 Å². The van der Waals surface area contributed by atoms with Gasteiger partial charge < -0.3 is 4.90 Å². The van der Waals surface area contributed by atoms with E-state index in [1.165, 1.54) is 33.6 Å². The van der Waals surface area contributed by atoms with Crippen LogP contribution in [-0.4, -0.2) is 15.0 Å². The molecular formula is C44H40N4. The molecule has 0 fully saturated rings. The molecule has 0 N–H and O–H groups in total. The molecule has 1 aliphatic carbocycles. The molecule has 1 aromatic heterocycles. The van der Waals surface area contributed by atoms with E-state index in [0.717, 1.165) is 22.4 Å². The van der Waals surface area contributed by atoms with Gasteiger partial charge in [-0.2, -0.15) is 0 Å². The summed E-state index contributed by atoms with van der Waals surface area (Å²) in [7, 11) is 0. The number of anilines is 3. The first-order valence-corrected chi connectivity index (χ1v) is 16.9. The molecule has 2 atom stereocenters. The second kappa shape index (κ2) is 11.1. The number of benzene rings is 5. The summed E-state index contributed by atoms with van der Waals surface area (Å²) in [6, 6.07) is 42.7. The first-order valence-electron chi connectivity index (χ1n) is 16.9. The van der Waals surface area contributed by atoms with Gasteiger partial charge in [-0.25, -0.2) is 15.0 Å². The Hall–Kier alpha value is -5.35. The quantitative estimate of drug-likeness (QED) is 0.179. The standard InChI is InChI=1S/C44H40N4/c1-7-33-28(2)43(3,4)36-27-39-37(26-34(33)36)44(5,6)35-20-14-15-21-38(35)48(39)32-24-22-31(23-25-32)42-46-40(29-16-10-8-11-17-29)45-41(47-42)30-18-12-9-13-19-30/h7-28,33H,1H2,2-6H3. The van der Waals surface area contributed by atoms with Crippen LogP contribution in [-0.2, 0) is 10.8 Å². The van der Waals surface area contributed by atoms with Crippen molar-refractivity contribution in [2.75, 3.05) is 4.90 Å². The highest BCUT2D eigenvalue weighted by Gasteiger charge is 2.45. The summed E-state index contributed by atoms with van der Waals surface area (Å²) in [4.78, 5) is 17.3. The maximum absolute atomic E-state index is 4.97. The van der Waals surface area contributed by atoms with E-state index in [1.807, 2.05) is 60.7 Å². The third-order valence-electron chi connectivity index (χ3n) is 11.0. The molecule has 0 saturated carbocycles. The highest BCUT2D eigenvalue weighted by Crippen LogP contribution is 2.58. The molecule has 5 aromatic carbocycles. The number of aromatic nitrogens is 3. The van der Waals surface area contributed by atoms with Crippen LogP contribution in [0.25, 0.3) is 34.2 Å². The molecular weight excluding hydrogens is 585 g/mol. The first-order chi connectivity index (χ1) is 23.2. The lowest BCUT2D eigenvalue weighted by Gasteiger charge is -2.43. The summed E-state index contributed by atoms with van der Waals surface area (Å²) in [5.41, 5.74) is 11.8. The normalized spacial score (nSPS) is 18.5. The Labute approximate surface area is 283 Å². The zero-order chi connectivity index (χ0) is 33.2. The Bertz CT molecular complexity index is 2110. The molecule has 6 aromatic rings. The lowest BCUT2D eigenvalue weighted by Crippen LogP contribution is -2.31. The third-order valence-corrected chi connectivity index (χ3v) is 11.0. The number of hydrogen-bond acceptors (Lipinski definition) is 4. The van der Waals surface area contributed by atoms with Crippen molar-refractivity contribution in [2.24, 2.45) is 5.92 Å². The first kappa shape index (κ1) is 30.0. The molecule has 0 bridgehead atoms. The van der Waals surface area contributed by atoms with Crippen molar-refractivity contribution in [3.05, 3.63) is 156 Å². The van der Waals surface area contributed by atoms with Crippen molar-refractivity contribution in [2.45, 2.75) is 51.4 Å². The average molecular weight is 625 g/mol. The van der Waals surface area contributed by atoms with E-state index in [0.29, 0.717) is 29.3 Å². The van der Waals surface area contributed by atoms with Crippen molar-refractivity contribution in [3.8, 4) is 34.2 Å². The minimum atomic E-state index is -0.161. The minimum absolute atomic E-state index is 0.0332. The maximum Gasteiger partial charge on any atom is 0.164 e. The van der Waals surface area contributed by atoms with Gasteiger partial charge in [-0.1, -0.05) is 126 Å². The van der Waals surface area contributed by atoms with Gasteiger partial charge in [0.2, 0.25) is 0 Å². The van der Waals surface area contributed by atoms with Crippen LogP contribution in [0.5, 0.6) is 0 Å². The fourth-order valence-electron chi connectivity index (χ4n) is 7.87. The molecule has 48 heavy (non-hydrogen) atoms. The predicted octanol–water partition coefficient (Wildman–Crippen LogP) is 11.2. The molecule has 4 nitrogen and oxygen atoms in total. The second-order valence-corrected chi connectivity index (χ2v) is 14.3. The van der Waals surface area contributed by atoms with E-state index < -0.39 is 0 Å². The van der Waals surface area contributed by atoms with E-state index in [-0.39, 0.29) is 10.8 Å². The molecule has 2 aliphatic rings. The molecule has 8 rings (SSSR count). The number of nitrogens with zero attached hydrogens (tertiary/aromatic N) is 4.